The number of amides is 4. The number of nitrogens with two attached hydrogens (primary N) is 1. The van der Waals surface area contributed by atoms with Crippen LogP contribution >= 0.6 is 13.3 Å². The summed E-state index contributed by atoms with van der Waals surface area (Å²) >= 11 is 11.5. The zero-order valence-corrected chi connectivity index (χ0v) is 95.5. The van der Waals surface area contributed by atoms with E-state index >= 15 is 0 Å². The number of benzene rings is 4. The van der Waals surface area contributed by atoms with Crippen LogP contribution in [0, 0.1) is 29.1 Å². The Labute approximate surface area is 890 Å². The SMILES string of the molecule is C=CCN(C(=O)c1ccccc1)c1ncnc2c1ncn2[C@@H]1O[C@H](CO)[C@@H](N)[C@H]1O[Si](C)(C)C(C)(C)C.C=CCN(C(=O)c1ccccc1)c1ncnc2c1ncn2[C@@H]1O[C@H](CO)[C@@H](NP(C)(=S)OC[C@H]2O[C@@H](n3cnc4c(N(CC=C)C(=O)c5ccccc5)ncnc43)[C@H](O[Si](C)(C)C(C)(C)C)[C@@H]2C)C1C.C=CCN(C(=O)c1ccccc1)c1ncnc2c1ncn2[C@@H]1O[C@H](CO[P+](C)=S)[C@@H](C)[C@H]1O[Si](C)(C)C(C)(C)C.CC#N. The number of aromatic nitrogens is 16. The van der Waals surface area contributed by atoms with Crippen LogP contribution in [0.15, 0.2) is 223 Å². The van der Waals surface area contributed by atoms with Crippen LogP contribution in [0.1, 0.15) is 156 Å². The number of carbonyl (C=O) groups is 4. The lowest BCUT2D eigenvalue weighted by Gasteiger charge is -2.40. The first kappa shape index (κ1) is 116. The third-order valence-electron chi connectivity index (χ3n) is 28.7. The first-order chi connectivity index (χ1) is 71.2. The number of rotatable bonds is 36. The monoisotopic (exact) mass is 2170 g/mol. The third kappa shape index (κ3) is 25.4. The molecule has 18 atom stereocenters. The highest BCUT2D eigenvalue weighted by atomic mass is 32.4. The second-order valence-corrected chi connectivity index (χ2v) is 63.2. The normalized spacial score (nSPS) is 22.4. The Kier molecular flexibility index (Phi) is 38.0. The lowest BCUT2D eigenvalue weighted by Crippen LogP contribution is -2.51. The van der Waals surface area contributed by atoms with Gasteiger partial charge < -0.3 is 52.7 Å². The number of nitrogens with one attached hydrogen (secondary N) is 1. The fraction of sp³-hybridized carbons (Fsp3) is 0.457. The van der Waals surface area contributed by atoms with Crippen molar-refractivity contribution in [2.45, 2.75) is 224 Å². The molecular weight excluding hydrogens is 2030 g/mol. The standard InChI is InChI=1S/C49H62N11O7PSSi.C28H39N5O4PSSi.C26H36N6O4Si.C2H3N/c1-11-23-57(45(62)33-19-15-13-16-20-33)41-38-43(52-27-50-41)59(29-54-38)47-32(4)37(35(25-61)65-47)56-68(8,69)64-26-36-31(3)40(67-70(9,10)49(5,6)7)48(66-36)60-30-55-39-42(51-28-53-44(39)60)58(24-12-2)46(63)34-21-17-14-18-22-34;1-9-15-32(26(34)20-13-11-10-12-14-20)24-22-25(30-17-29-24)33(18-31-22)27-23(37-40(7,8)28(3,4)5)19(2)21(36-27)16-35-38(6)39;1-7-13-31(24(34)17-11-9-8-10-12-17)22-20-23(29-15-28-22)32(16-30-20)25-21(19(27)18(14-33)35-25)36-37(5,6)26(2,3)4;1-2-3/h11-22,27-32,35-37,40,47-48,61H,1-2,23-26H2,3-10H3,(H,56,69);9-14,17-19,21,23,27H,1,15-16H2,2-8H3;7-12,15-16,18-19,21,25,33H,1,13-14,27H2,2-6H3;1H3/q;+1;;/t31-,32?,35-,36-,37+,40-,47-,48-,68?;19-,21-,23-,27-;18-,19-,21-,25-;/m111./s1. The molecule has 4 saturated heterocycles. The van der Waals surface area contributed by atoms with Crippen molar-refractivity contribution in [2.75, 3.05) is 85.5 Å². The van der Waals surface area contributed by atoms with Crippen molar-refractivity contribution in [1.29, 1.82) is 5.26 Å². The summed E-state index contributed by atoms with van der Waals surface area (Å²) in [7, 11) is -6.80. The van der Waals surface area contributed by atoms with E-state index in [1.54, 1.807) is 135 Å². The Balaban J connectivity index is 0.000000199. The van der Waals surface area contributed by atoms with Crippen molar-refractivity contribution < 1.29 is 70.7 Å². The Morgan fingerprint density at radius 3 is 1.01 bits per heavy atom. The van der Waals surface area contributed by atoms with E-state index in [1.165, 1.54) is 42.0 Å². The van der Waals surface area contributed by atoms with E-state index in [4.69, 9.17) is 80.9 Å². The van der Waals surface area contributed by atoms with Gasteiger partial charge >= 0.3 is 6.92 Å². The minimum Gasteiger partial charge on any atom is -0.409 e. The molecule has 3 unspecified atom stereocenters. The van der Waals surface area contributed by atoms with E-state index in [9.17, 15) is 29.4 Å². The van der Waals surface area contributed by atoms with Gasteiger partial charge in [0.15, 0.2) is 123 Å². The number of ether oxygens (including phenoxy) is 4. The molecule has 0 radical (unpaired) electrons. The molecule has 150 heavy (non-hydrogen) atoms. The van der Waals surface area contributed by atoms with Crippen molar-refractivity contribution >= 4 is 153 Å². The second kappa shape index (κ2) is 49.2. The number of nitrogens with zero attached hydrogens (tertiary/aromatic N) is 21. The number of aliphatic hydroxyl groups excluding tert-OH is 2. The second-order valence-electron chi connectivity index (χ2n) is 41.9. The van der Waals surface area contributed by atoms with Crippen LogP contribution in [0.3, 0.4) is 0 Å². The van der Waals surface area contributed by atoms with Gasteiger partial charge in [-0.05, 0) is 103 Å². The maximum atomic E-state index is 13.8. The summed E-state index contributed by atoms with van der Waals surface area (Å²) in [5.74, 6) is 0.146. The van der Waals surface area contributed by atoms with E-state index in [0.717, 1.165) is 0 Å². The van der Waals surface area contributed by atoms with Crippen molar-refractivity contribution in [2.24, 2.45) is 23.5 Å². The minimum atomic E-state index is -2.80. The maximum absolute atomic E-state index is 13.8. The third-order valence-corrected chi connectivity index (χ3v) is 45.0. The minimum absolute atomic E-state index is 0.0134. The van der Waals surface area contributed by atoms with Gasteiger partial charge in [0.2, 0.25) is 0 Å². The lowest BCUT2D eigenvalue weighted by atomic mass is 10.00. The van der Waals surface area contributed by atoms with Gasteiger partial charge in [0, 0.05) is 85.8 Å². The summed E-state index contributed by atoms with van der Waals surface area (Å²) in [6.07, 6.45) is 10.5. The van der Waals surface area contributed by atoms with Crippen molar-refractivity contribution in [3.05, 3.63) is 245 Å². The smallest absolute Gasteiger partial charge is 0.334 e. The largest absolute Gasteiger partial charge is 0.409 e. The van der Waals surface area contributed by atoms with Gasteiger partial charge in [0.05, 0.1) is 87.8 Å². The first-order valence-corrected chi connectivity index (χ1v) is 64.4. The maximum Gasteiger partial charge on any atom is 0.334 e. The molecule has 0 aliphatic carbocycles. The highest BCUT2D eigenvalue weighted by molar-refractivity contribution is 8.11. The summed E-state index contributed by atoms with van der Waals surface area (Å²) in [6.45, 7) is 59.8. The number of nitriles is 1. The number of carbonyl (C=O) groups excluding carboxylic acids is 4. The number of fused-ring (bicyclic) bond motifs is 4. The predicted octanol–water partition coefficient (Wildman–Crippen LogP) is 17.6. The molecule has 4 aliphatic heterocycles. The Hall–Kier alpha value is -11.3. The average molecular weight is 2170 g/mol. The molecule has 12 heterocycles. The number of hydrogen-bond donors (Lipinski definition) is 4. The molecule has 4 aliphatic rings. The number of hydrogen-bond acceptors (Lipinski definition) is 31. The molecule has 38 nitrogen and oxygen atoms in total. The van der Waals surface area contributed by atoms with Gasteiger partial charge in [-0.25, -0.2) is 59.8 Å². The zero-order chi connectivity index (χ0) is 109. The zero-order valence-electron chi connectivity index (χ0n) is 89.1. The first-order valence-electron chi connectivity index (χ1n) is 49.7. The van der Waals surface area contributed by atoms with E-state index < -0.39 is 106 Å². The summed E-state index contributed by atoms with van der Waals surface area (Å²) in [5, 5.41) is 31.4. The molecule has 4 amide bonds. The van der Waals surface area contributed by atoms with Gasteiger partial charge in [0.1, 0.15) is 63.4 Å². The lowest BCUT2D eigenvalue weighted by molar-refractivity contribution is -0.0462. The van der Waals surface area contributed by atoms with E-state index in [2.05, 4.69) is 202 Å². The quantitative estimate of drug-likeness (QED) is 0.0161. The topological polar surface area (TPSA) is 441 Å². The number of aliphatic hydroxyl groups is 2. The molecule has 5 N–H and O–H groups in total. The van der Waals surface area contributed by atoms with E-state index in [-0.39, 0.29) is 115 Å². The Morgan fingerprint density at radius 1 is 0.460 bits per heavy atom. The van der Waals surface area contributed by atoms with Crippen molar-refractivity contribution in [1.82, 2.24) is 83.2 Å². The highest BCUT2D eigenvalue weighted by Crippen LogP contribution is 2.52. The van der Waals surface area contributed by atoms with E-state index in [1.807, 2.05) is 90.1 Å². The molecule has 0 spiro atoms. The summed E-state index contributed by atoms with van der Waals surface area (Å²) in [6, 6.07) is 36.8. The molecule has 0 saturated carbocycles. The van der Waals surface area contributed by atoms with Crippen LogP contribution < -0.4 is 30.4 Å². The molecule has 16 rings (SSSR count). The van der Waals surface area contributed by atoms with Crippen LogP contribution in [-0.2, 0) is 64.9 Å². The Bertz CT molecular complexity index is 6860. The fourth-order valence-electron chi connectivity index (χ4n) is 17.4. The molecule has 12 aromatic rings. The van der Waals surface area contributed by atoms with Crippen LogP contribution in [-0.4, -0.2) is 258 Å². The fourth-order valence-corrected chi connectivity index (χ4v) is 24.0. The summed E-state index contributed by atoms with van der Waals surface area (Å²) in [5.41, 5.74) is 12.3. The Morgan fingerprint density at radius 2 is 0.727 bits per heavy atom. The van der Waals surface area contributed by atoms with Crippen LogP contribution in [0.25, 0.3) is 44.7 Å². The van der Waals surface area contributed by atoms with Crippen LogP contribution in [0.2, 0.25) is 54.4 Å². The van der Waals surface area contributed by atoms with Gasteiger partial charge in [-0.1, -0.05) is 192 Å². The molecule has 4 aromatic carbocycles. The van der Waals surface area contributed by atoms with Crippen LogP contribution in [0.5, 0.6) is 0 Å². The van der Waals surface area contributed by atoms with Gasteiger partial charge in [-0.15, -0.1) is 26.3 Å². The molecule has 45 heteroatoms. The molecular formula is C105H140N23O15P2S2Si3+. The van der Waals surface area contributed by atoms with Gasteiger partial charge in [-0.3, -0.25) is 62.1 Å². The molecule has 8 aromatic heterocycles. The van der Waals surface area contributed by atoms with Gasteiger partial charge in [-0.2, -0.15) is 9.79 Å². The summed E-state index contributed by atoms with van der Waals surface area (Å²) in [4.78, 5) is 116. The highest BCUT2D eigenvalue weighted by Gasteiger charge is 2.55. The van der Waals surface area contributed by atoms with Crippen molar-refractivity contribution in [3.8, 4) is 6.07 Å². The van der Waals surface area contributed by atoms with Crippen LogP contribution in [0.4, 0.5) is 23.3 Å². The summed E-state index contributed by atoms with van der Waals surface area (Å²) < 4.78 is 67.0. The molecule has 0 bridgehead atoms. The number of imidazole rings is 4. The van der Waals surface area contributed by atoms with E-state index in [0.29, 0.717) is 96.8 Å². The molecule has 4 fully saturated rings. The number of anilines is 4. The predicted molar refractivity (Wildman–Crippen MR) is 597 cm³/mol. The average Bonchev–Trinajstić information content (AvgIpc) is 1.61. The van der Waals surface area contributed by atoms with Crippen molar-refractivity contribution in [3.63, 3.8) is 0 Å². The van der Waals surface area contributed by atoms with Gasteiger partial charge in [0.25, 0.3) is 23.6 Å². The molecule has 798 valence electrons.